The Morgan fingerprint density at radius 3 is 2.38 bits per heavy atom. The summed E-state index contributed by atoms with van der Waals surface area (Å²) in [5.74, 6) is -1.46. The fourth-order valence-electron chi connectivity index (χ4n) is 1.68. The Labute approximate surface area is 122 Å². The van der Waals surface area contributed by atoms with E-state index in [4.69, 9.17) is 0 Å². The van der Waals surface area contributed by atoms with Gasteiger partial charge in [-0.2, -0.15) is 0 Å². The number of carbonyl (C=O) groups excluding carboxylic acids is 2. The van der Waals surface area contributed by atoms with Crippen LogP contribution in [0.1, 0.15) is 5.56 Å². The summed E-state index contributed by atoms with van der Waals surface area (Å²) >= 11 is 0. The lowest BCUT2D eigenvalue weighted by Crippen LogP contribution is -2.49. The molecule has 1 atom stereocenters. The number of hydrogen-bond acceptors (Lipinski definition) is 3. The zero-order valence-electron chi connectivity index (χ0n) is 12.0. The van der Waals surface area contributed by atoms with Crippen molar-refractivity contribution >= 4 is 17.9 Å². The van der Waals surface area contributed by atoms with Gasteiger partial charge in [-0.3, -0.25) is 4.79 Å². The Bertz CT molecular complexity index is 504. The first kappa shape index (κ1) is 16.5. The first-order valence-electron chi connectivity index (χ1n) is 6.43. The smallest absolute Gasteiger partial charge is 0.326 e. The van der Waals surface area contributed by atoms with Crippen LogP contribution in [0, 0.1) is 0 Å². The van der Waals surface area contributed by atoms with E-state index in [1.807, 2.05) is 6.07 Å². The summed E-state index contributed by atoms with van der Waals surface area (Å²) in [5.41, 5.74) is 0.805. The number of amides is 3. The van der Waals surface area contributed by atoms with Gasteiger partial charge < -0.3 is 20.6 Å². The van der Waals surface area contributed by atoms with Crippen molar-refractivity contribution in [3.8, 4) is 0 Å². The molecule has 1 aromatic rings. The summed E-state index contributed by atoms with van der Waals surface area (Å²) in [7, 11) is 2.88. The second-order valence-electron chi connectivity index (χ2n) is 4.56. The molecular weight excluding hydrogens is 274 g/mol. The van der Waals surface area contributed by atoms with Crippen LogP contribution in [0.3, 0.4) is 0 Å². The summed E-state index contributed by atoms with van der Waals surface area (Å²) in [6.07, 6.45) is 0.176. The van der Waals surface area contributed by atoms with Gasteiger partial charge in [0.25, 0.3) is 0 Å². The molecule has 7 nitrogen and oxygen atoms in total. The number of carboxylic acid groups (broad SMARTS) is 1. The molecule has 0 saturated carbocycles. The molecule has 0 heterocycles. The zero-order valence-corrected chi connectivity index (χ0v) is 12.0. The van der Waals surface area contributed by atoms with Crippen LogP contribution in [0.25, 0.3) is 0 Å². The van der Waals surface area contributed by atoms with Gasteiger partial charge in [-0.05, 0) is 5.56 Å². The maximum atomic E-state index is 11.9. The number of hydrogen-bond donors (Lipinski definition) is 3. The third-order valence-electron chi connectivity index (χ3n) is 2.88. The second-order valence-corrected chi connectivity index (χ2v) is 4.56. The maximum absolute atomic E-state index is 11.9. The minimum absolute atomic E-state index is 0.139. The molecule has 1 aromatic carbocycles. The Kier molecular flexibility index (Phi) is 6.19. The molecule has 0 spiro atoms. The molecule has 0 fully saturated rings. The van der Waals surface area contributed by atoms with Gasteiger partial charge in [-0.25, -0.2) is 9.59 Å². The van der Waals surface area contributed by atoms with Crippen molar-refractivity contribution in [2.24, 2.45) is 0 Å². The molecule has 0 aromatic heterocycles. The van der Waals surface area contributed by atoms with Crippen molar-refractivity contribution in [2.45, 2.75) is 12.5 Å². The average Bonchev–Trinajstić information content (AvgIpc) is 2.47. The number of nitrogens with one attached hydrogen (secondary N) is 2. The minimum atomic E-state index is -1.12. The van der Waals surface area contributed by atoms with E-state index in [1.54, 1.807) is 24.3 Å². The quantitative estimate of drug-likeness (QED) is 0.691. The van der Waals surface area contributed by atoms with E-state index in [0.717, 1.165) is 10.5 Å². The van der Waals surface area contributed by atoms with Crippen LogP contribution in [-0.4, -0.2) is 54.6 Å². The van der Waals surface area contributed by atoms with E-state index in [0.29, 0.717) is 0 Å². The van der Waals surface area contributed by atoms with Gasteiger partial charge in [0.15, 0.2) is 0 Å². The molecule has 21 heavy (non-hydrogen) atoms. The summed E-state index contributed by atoms with van der Waals surface area (Å²) in [5, 5.41) is 14.0. The molecule has 0 radical (unpaired) electrons. The first-order chi connectivity index (χ1) is 9.93. The Morgan fingerprint density at radius 2 is 1.86 bits per heavy atom. The van der Waals surface area contributed by atoms with Gasteiger partial charge >= 0.3 is 12.0 Å². The van der Waals surface area contributed by atoms with E-state index < -0.39 is 18.0 Å². The van der Waals surface area contributed by atoms with Crippen LogP contribution < -0.4 is 10.6 Å². The summed E-state index contributed by atoms with van der Waals surface area (Å²) in [6.45, 7) is -0.139. The van der Waals surface area contributed by atoms with E-state index in [2.05, 4.69) is 10.6 Å². The Hall–Kier alpha value is -2.57. The summed E-state index contributed by atoms with van der Waals surface area (Å²) in [6, 6.07) is 7.34. The highest BCUT2D eigenvalue weighted by Gasteiger charge is 2.22. The first-order valence-corrected chi connectivity index (χ1v) is 6.43. The molecule has 0 bridgehead atoms. The molecule has 7 heteroatoms. The number of carboxylic acids is 1. The third kappa shape index (κ3) is 5.52. The number of aliphatic carboxylic acids is 1. The Morgan fingerprint density at radius 1 is 1.24 bits per heavy atom. The van der Waals surface area contributed by atoms with Crippen molar-refractivity contribution in [1.82, 2.24) is 15.5 Å². The highest BCUT2D eigenvalue weighted by molar-refractivity contribution is 5.86. The molecule has 0 aliphatic heterocycles. The highest BCUT2D eigenvalue weighted by atomic mass is 16.4. The second kappa shape index (κ2) is 7.88. The number of carbonyl (C=O) groups is 3. The monoisotopic (exact) mass is 293 g/mol. The molecule has 114 valence electrons. The lowest BCUT2D eigenvalue weighted by molar-refractivity contribution is -0.139. The zero-order chi connectivity index (χ0) is 15.8. The lowest BCUT2D eigenvalue weighted by Gasteiger charge is -2.20. The number of urea groups is 1. The molecule has 3 N–H and O–H groups in total. The molecular formula is C14H19N3O4. The lowest BCUT2D eigenvalue weighted by atomic mass is 10.1. The van der Waals surface area contributed by atoms with Crippen molar-refractivity contribution in [1.29, 1.82) is 0 Å². The van der Waals surface area contributed by atoms with Gasteiger partial charge in [0, 0.05) is 20.5 Å². The van der Waals surface area contributed by atoms with Crippen LogP contribution in [0.5, 0.6) is 0 Å². The van der Waals surface area contributed by atoms with Gasteiger partial charge in [-0.15, -0.1) is 0 Å². The van der Waals surface area contributed by atoms with Crippen molar-refractivity contribution in [3.05, 3.63) is 35.9 Å². The normalized spacial score (nSPS) is 11.3. The van der Waals surface area contributed by atoms with Crippen LogP contribution >= 0.6 is 0 Å². The standard InChI is InChI=1S/C14H19N3O4/c1-15-12(18)9-17(2)14(21)16-11(13(19)20)8-10-6-4-3-5-7-10/h3-7,11H,8-9H2,1-2H3,(H,15,18)(H,16,21)(H,19,20)/t11-/m0/s1. The number of likely N-dealkylation sites (N-methyl/N-ethyl adjacent to an activating group) is 2. The predicted octanol–water partition coefficient (Wildman–Crippen LogP) is 0.0697. The van der Waals surface area contributed by atoms with Gasteiger partial charge in [0.05, 0.1) is 0 Å². The molecule has 0 unspecified atom stereocenters. The van der Waals surface area contributed by atoms with Crippen LogP contribution in [0.4, 0.5) is 4.79 Å². The topological polar surface area (TPSA) is 98.7 Å². The Balaban J connectivity index is 2.64. The minimum Gasteiger partial charge on any atom is -0.480 e. The van der Waals surface area contributed by atoms with Crippen LogP contribution in [0.2, 0.25) is 0 Å². The molecule has 0 aliphatic carbocycles. The summed E-state index contributed by atoms with van der Waals surface area (Å²) < 4.78 is 0. The van der Waals surface area contributed by atoms with E-state index in [1.165, 1.54) is 14.1 Å². The SMILES string of the molecule is CNC(=O)CN(C)C(=O)N[C@@H](Cc1ccccc1)C(=O)O. The molecule has 3 amide bonds. The third-order valence-corrected chi connectivity index (χ3v) is 2.88. The highest BCUT2D eigenvalue weighted by Crippen LogP contribution is 2.04. The fourth-order valence-corrected chi connectivity index (χ4v) is 1.68. The van der Waals surface area contributed by atoms with Crippen molar-refractivity contribution in [2.75, 3.05) is 20.6 Å². The van der Waals surface area contributed by atoms with E-state index in [-0.39, 0.29) is 18.9 Å². The van der Waals surface area contributed by atoms with Gasteiger partial charge in [0.2, 0.25) is 5.91 Å². The average molecular weight is 293 g/mol. The van der Waals surface area contributed by atoms with Gasteiger partial charge in [-0.1, -0.05) is 30.3 Å². The van der Waals surface area contributed by atoms with Crippen LogP contribution in [-0.2, 0) is 16.0 Å². The number of nitrogens with zero attached hydrogens (tertiary/aromatic N) is 1. The summed E-state index contributed by atoms with van der Waals surface area (Å²) in [4.78, 5) is 35.4. The van der Waals surface area contributed by atoms with Crippen molar-refractivity contribution in [3.63, 3.8) is 0 Å². The molecule has 1 rings (SSSR count). The van der Waals surface area contributed by atoms with E-state index in [9.17, 15) is 19.5 Å². The van der Waals surface area contributed by atoms with Gasteiger partial charge in [0.1, 0.15) is 12.6 Å². The molecule has 0 aliphatic rings. The number of rotatable bonds is 6. The number of benzene rings is 1. The van der Waals surface area contributed by atoms with E-state index >= 15 is 0 Å². The predicted molar refractivity (Wildman–Crippen MR) is 76.8 cm³/mol. The largest absolute Gasteiger partial charge is 0.480 e. The van der Waals surface area contributed by atoms with Crippen LogP contribution in [0.15, 0.2) is 30.3 Å². The fraction of sp³-hybridized carbons (Fsp3) is 0.357. The maximum Gasteiger partial charge on any atom is 0.326 e. The van der Waals surface area contributed by atoms with Crippen molar-refractivity contribution < 1.29 is 19.5 Å². The molecule has 0 saturated heterocycles.